The van der Waals surface area contributed by atoms with Gasteiger partial charge in [0.05, 0.1) is 45.3 Å². The normalized spacial score (nSPS) is 11.4. The van der Waals surface area contributed by atoms with E-state index >= 15 is 0 Å². The third kappa shape index (κ3) is 4.73. The van der Waals surface area contributed by atoms with Crippen LogP contribution in [0.3, 0.4) is 0 Å². The number of para-hydroxylation sites is 3. The Kier molecular flexibility index (Phi) is 6.79. The molecule has 0 aliphatic rings. The van der Waals surface area contributed by atoms with Crippen LogP contribution in [-0.2, 0) is 0 Å². The summed E-state index contributed by atoms with van der Waals surface area (Å²) in [4.78, 5) is 0. The highest BCUT2D eigenvalue weighted by Gasteiger charge is 2.20. The lowest BCUT2D eigenvalue weighted by molar-refractivity contribution is 1.07. The molecule has 0 fully saturated rings. The first-order valence-electron chi connectivity index (χ1n) is 17.3. The van der Waals surface area contributed by atoms with Crippen molar-refractivity contribution in [3.63, 3.8) is 0 Å². The summed E-state index contributed by atoms with van der Waals surface area (Å²) in [5.74, 6) is 1.31. The maximum Gasteiger partial charge on any atom is 0.168 e. The van der Waals surface area contributed by atoms with Crippen LogP contribution in [0.5, 0.6) is 0 Å². The second-order valence-corrected chi connectivity index (χ2v) is 13.0. The summed E-state index contributed by atoms with van der Waals surface area (Å²) in [5, 5.41) is 33.0. The van der Waals surface area contributed by atoms with Crippen LogP contribution in [-0.4, -0.2) is 23.9 Å². The van der Waals surface area contributed by atoms with Crippen molar-refractivity contribution in [2.24, 2.45) is 0 Å². The molecule has 10 rings (SSSR count). The van der Waals surface area contributed by atoms with Gasteiger partial charge in [0.15, 0.2) is 11.6 Å². The topological polar surface area (TPSA) is 88.2 Å². The maximum atomic E-state index is 9.48. The summed E-state index contributed by atoms with van der Waals surface area (Å²) >= 11 is 0. The number of rotatable bonds is 5. The molecule has 0 bridgehead atoms. The fraction of sp³-hybridized carbons (Fsp3) is 0. The van der Waals surface area contributed by atoms with Crippen molar-refractivity contribution in [1.82, 2.24) is 23.9 Å². The van der Waals surface area contributed by atoms with Crippen molar-refractivity contribution in [3.05, 3.63) is 175 Å². The molecular formula is C46H27N7. The fourth-order valence-corrected chi connectivity index (χ4v) is 7.64. The second-order valence-electron chi connectivity index (χ2n) is 13.0. The van der Waals surface area contributed by atoms with E-state index in [9.17, 15) is 10.5 Å². The predicted molar refractivity (Wildman–Crippen MR) is 210 cm³/mol. The number of hydrogen-bond acceptors (Lipinski definition) is 4. The van der Waals surface area contributed by atoms with Gasteiger partial charge in [0.1, 0.15) is 0 Å². The van der Waals surface area contributed by atoms with Crippen molar-refractivity contribution in [1.29, 1.82) is 10.5 Å². The zero-order chi connectivity index (χ0) is 35.5. The average Bonchev–Trinajstić information content (AvgIpc) is 3.91. The monoisotopic (exact) mass is 677 g/mol. The Morgan fingerprint density at radius 3 is 1.36 bits per heavy atom. The smallest absolute Gasteiger partial charge is 0.168 e. The largest absolute Gasteiger partial charge is 0.309 e. The van der Waals surface area contributed by atoms with E-state index in [-0.39, 0.29) is 0 Å². The molecule has 0 spiro atoms. The zero-order valence-corrected chi connectivity index (χ0v) is 28.2. The maximum absolute atomic E-state index is 9.48. The fourth-order valence-electron chi connectivity index (χ4n) is 7.64. The predicted octanol–water partition coefficient (Wildman–Crippen LogP) is 10.5. The first-order chi connectivity index (χ1) is 26.2. The molecule has 0 aliphatic carbocycles. The lowest BCUT2D eigenvalue weighted by atomic mass is 10.1. The summed E-state index contributed by atoms with van der Waals surface area (Å²) < 4.78 is 6.69. The molecule has 0 saturated carbocycles. The van der Waals surface area contributed by atoms with Gasteiger partial charge >= 0.3 is 0 Å². The first-order valence-corrected chi connectivity index (χ1v) is 17.3. The Labute approximate surface area is 304 Å². The minimum Gasteiger partial charge on any atom is -0.309 e. The lowest BCUT2D eigenvalue weighted by Gasteiger charge is -2.13. The summed E-state index contributed by atoms with van der Waals surface area (Å²) in [6.45, 7) is 0. The van der Waals surface area contributed by atoms with E-state index in [4.69, 9.17) is 5.10 Å². The molecule has 3 aromatic heterocycles. The molecule has 7 aromatic carbocycles. The molecule has 53 heavy (non-hydrogen) atoms. The first kappa shape index (κ1) is 30.1. The molecule has 0 saturated heterocycles. The Bertz CT molecular complexity index is 3070. The highest BCUT2D eigenvalue weighted by molar-refractivity contribution is 6.11. The highest BCUT2D eigenvalue weighted by atomic mass is 15.3. The summed E-state index contributed by atoms with van der Waals surface area (Å²) in [6.07, 6.45) is 0. The Balaban J connectivity index is 1.16. The van der Waals surface area contributed by atoms with Crippen LogP contribution in [0.1, 0.15) is 11.1 Å². The molecular weight excluding hydrogens is 651 g/mol. The number of nitrogens with zero attached hydrogens (tertiary/aromatic N) is 7. The van der Waals surface area contributed by atoms with Crippen molar-refractivity contribution in [2.45, 2.75) is 0 Å². The van der Waals surface area contributed by atoms with E-state index in [1.807, 2.05) is 28.8 Å². The van der Waals surface area contributed by atoms with Gasteiger partial charge in [0, 0.05) is 49.7 Å². The molecule has 0 radical (unpaired) electrons. The number of fused-ring (bicyclic) bond motifs is 6. The second kappa shape index (κ2) is 11.9. The minimum absolute atomic E-state index is 0.569. The molecule has 0 N–H and O–H groups in total. The van der Waals surface area contributed by atoms with Crippen molar-refractivity contribution >= 4 is 43.6 Å². The van der Waals surface area contributed by atoms with E-state index in [0.717, 1.165) is 50.0 Å². The standard InChI is InChI=1S/C46H27N7/c47-28-30-16-20-32(21-17-30)45-49-50-46(53(45)34-23-18-31(29-48)19-24-34)33-22-25-44-40(26-33)39-12-3-6-15-43(39)52(44)36-9-7-8-35(27-36)51-41-13-4-1-10-37(41)38-11-2-5-14-42(38)51/h1-27H. The Morgan fingerprint density at radius 1 is 0.358 bits per heavy atom. The molecule has 0 atom stereocenters. The van der Waals surface area contributed by atoms with Gasteiger partial charge in [-0.05, 0) is 103 Å². The molecule has 10 aromatic rings. The summed E-state index contributed by atoms with van der Waals surface area (Å²) in [5.41, 5.74) is 10.4. The molecule has 0 unspecified atom stereocenters. The summed E-state index contributed by atoms with van der Waals surface area (Å²) in [6, 6.07) is 60.0. The highest BCUT2D eigenvalue weighted by Crippen LogP contribution is 2.38. The van der Waals surface area contributed by atoms with Gasteiger partial charge in [-0.25, -0.2) is 0 Å². The van der Waals surface area contributed by atoms with Crippen LogP contribution in [0.4, 0.5) is 0 Å². The van der Waals surface area contributed by atoms with Crippen LogP contribution < -0.4 is 0 Å². The molecule has 246 valence electrons. The van der Waals surface area contributed by atoms with Crippen LogP contribution in [0.2, 0.25) is 0 Å². The van der Waals surface area contributed by atoms with Gasteiger partial charge in [-0.1, -0.05) is 60.7 Å². The number of benzene rings is 7. The molecule has 0 aliphatic heterocycles. The number of hydrogen-bond donors (Lipinski definition) is 0. The third-order valence-corrected chi connectivity index (χ3v) is 10.0. The van der Waals surface area contributed by atoms with Gasteiger partial charge in [-0.2, -0.15) is 10.5 Å². The minimum atomic E-state index is 0.569. The summed E-state index contributed by atoms with van der Waals surface area (Å²) in [7, 11) is 0. The van der Waals surface area contributed by atoms with Crippen LogP contribution in [0, 0.1) is 22.7 Å². The van der Waals surface area contributed by atoms with Gasteiger partial charge in [-0.15, -0.1) is 10.2 Å². The average molecular weight is 678 g/mol. The SMILES string of the molecule is N#Cc1ccc(-c2nnc(-c3ccc4c(c3)c3ccccc3n4-c3cccc(-n4c5ccccc5c5ccccc54)c3)n2-c2ccc(C#N)cc2)cc1. The number of aromatic nitrogens is 5. The van der Waals surface area contributed by atoms with Gasteiger partial charge in [0.25, 0.3) is 0 Å². The molecule has 7 heteroatoms. The van der Waals surface area contributed by atoms with Gasteiger partial charge in [-0.3, -0.25) is 4.57 Å². The number of nitriles is 2. The molecule has 3 heterocycles. The third-order valence-electron chi connectivity index (χ3n) is 10.0. The van der Waals surface area contributed by atoms with E-state index < -0.39 is 0 Å². The molecule has 0 amide bonds. The zero-order valence-electron chi connectivity index (χ0n) is 28.2. The molecule has 7 nitrogen and oxygen atoms in total. The quantitative estimate of drug-likeness (QED) is 0.181. The van der Waals surface area contributed by atoms with Crippen LogP contribution in [0.25, 0.3) is 83.4 Å². The van der Waals surface area contributed by atoms with Crippen molar-refractivity contribution < 1.29 is 0 Å². The van der Waals surface area contributed by atoms with Gasteiger partial charge in [0.2, 0.25) is 0 Å². The van der Waals surface area contributed by atoms with E-state index in [0.29, 0.717) is 22.8 Å². The van der Waals surface area contributed by atoms with Crippen LogP contribution >= 0.6 is 0 Å². The van der Waals surface area contributed by atoms with E-state index in [1.165, 1.54) is 21.8 Å². The van der Waals surface area contributed by atoms with Crippen molar-refractivity contribution in [3.8, 4) is 52.0 Å². The van der Waals surface area contributed by atoms with Crippen LogP contribution in [0.15, 0.2) is 164 Å². The van der Waals surface area contributed by atoms with E-state index in [2.05, 4.69) is 142 Å². The van der Waals surface area contributed by atoms with E-state index in [1.54, 1.807) is 24.3 Å². The Hall–Kier alpha value is -7.74. The van der Waals surface area contributed by atoms with Gasteiger partial charge < -0.3 is 9.13 Å². The Morgan fingerprint density at radius 2 is 0.811 bits per heavy atom. The lowest BCUT2D eigenvalue weighted by Crippen LogP contribution is -2.01. The van der Waals surface area contributed by atoms with Crippen molar-refractivity contribution in [2.75, 3.05) is 0 Å².